The zero-order chi connectivity index (χ0) is 19.6. The van der Waals surface area contributed by atoms with Crippen LogP contribution >= 0.6 is 0 Å². The number of alkyl halides is 6. The van der Waals surface area contributed by atoms with Crippen LogP contribution in [-0.4, -0.2) is 64.6 Å². The fourth-order valence-electron chi connectivity index (χ4n) is 1.62. The van der Waals surface area contributed by atoms with Crippen LogP contribution in [0.25, 0.3) is 0 Å². The average molecular weight is 382 g/mol. The molecule has 5 nitrogen and oxygen atoms in total. The van der Waals surface area contributed by atoms with Crippen molar-refractivity contribution in [3.05, 3.63) is 12.7 Å². The molecule has 0 rings (SSSR count). The third-order valence-corrected chi connectivity index (χ3v) is 2.65. The average Bonchev–Trinajstić information content (AvgIpc) is 2.47. The Balaban J connectivity index is 5.03. The van der Waals surface area contributed by atoms with Gasteiger partial charge in [-0.3, -0.25) is 0 Å². The van der Waals surface area contributed by atoms with Crippen molar-refractivity contribution in [2.45, 2.75) is 19.3 Å². The minimum atomic E-state index is -4.62. The highest BCUT2D eigenvalue weighted by molar-refractivity contribution is 5.81. The Hall–Kier alpha value is -1.33. The topological polar surface area (TPSA) is 54.0 Å². The van der Waals surface area contributed by atoms with E-state index in [2.05, 4.69) is 16.1 Å². The number of halogens is 6. The van der Waals surface area contributed by atoms with Crippen LogP contribution in [0.3, 0.4) is 0 Å². The number of ether oxygens (including phenoxy) is 4. The third-order valence-electron chi connectivity index (χ3n) is 2.65. The molecule has 0 unspecified atom stereocenters. The van der Waals surface area contributed by atoms with E-state index in [9.17, 15) is 31.1 Å². The van der Waals surface area contributed by atoms with Crippen LogP contribution in [0.4, 0.5) is 26.3 Å². The lowest BCUT2D eigenvalue weighted by Gasteiger charge is -2.32. The van der Waals surface area contributed by atoms with E-state index in [1.54, 1.807) is 6.92 Å². The molecule has 0 saturated heterocycles. The first-order valence-corrected chi connectivity index (χ1v) is 7.09. The highest BCUT2D eigenvalue weighted by Crippen LogP contribution is 2.24. The Morgan fingerprint density at radius 2 is 1.28 bits per heavy atom. The first kappa shape index (κ1) is 23.7. The Bertz CT molecular complexity index is 387. The summed E-state index contributed by atoms with van der Waals surface area (Å²) in [4.78, 5) is 11.2. The van der Waals surface area contributed by atoms with Gasteiger partial charge in [0.25, 0.3) is 0 Å². The zero-order valence-corrected chi connectivity index (χ0v) is 13.5. The molecule has 0 heterocycles. The third kappa shape index (κ3) is 12.7. The largest absolute Gasteiger partial charge is 0.462 e. The van der Waals surface area contributed by atoms with Crippen LogP contribution in [0.1, 0.15) is 6.92 Å². The molecule has 0 aliphatic heterocycles. The molecule has 25 heavy (non-hydrogen) atoms. The Morgan fingerprint density at radius 1 is 0.840 bits per heavy atom. The van der Waals surface area contributed by atoms with Crippen LogP contribution in [0.15, 0.2) is 12.7 Å². The summed E-state index contributed by atoms with van der Waals surface area (Å²) >= 11 is 0. The number of carbonyl (C=O) groups excluding carboxylic acids is 1. The van der Waals surface area contributed by atoms with E-state index in [1.165, 1.54) is 0 Å². The predicted molar refractivity (Wildman–Crippen MR) is 73.8 cm³/mol. The summed E-state index contributed by atoms with van der Waals surface area (Å²) in [6, 6.07) is 0. The highest BCUT2D eigenvalue weighted by atomic mass is 19.4. The second-order valence-corrected chi connectivity index (χ2v) is 5.16. The predicted octanol–water partition coefficient (Wildman–Crippen LogP) is 2.90. The lowest BCUT2D eigenvalue weighted by atomic mass is 9.92. The van der Waals surface area contributed by atoms with E-state index in [0.717, 1.165) is 6.08 Å². The van der Waals surface area contributed by atoms with E-state index < -0.39 is 56.8 Å². The molecule has 0 amide bonds. The van der Waals surface area contributed by atoms with Gasteiger partial charge < -0.3 is 18.9 Å². The number of hydrogen-bond acceptors (Lipinski definition) is 5. The fraction of sp³-hybridized carbons (Fsp3) is 0.786. The van der Waals surface area contributed by atoms with Gasteiger partial charge in [-0.05, 0) is 6.92 Å². The van der Waals surface area contributed by atoms with Crippen LogP contribution < -0.4 is 0 Å². The molecule has 0 aromatic carbocycles. The quantitative estimate of drug-likeness (QED) is 0.295. The molecule has 0 aliphatic carbocycles. The van der Waals surface area contributed by atoms with E-state index in [-0.39, 0.29) is 13.2 Å². The van der Waals surface area contributed by atoms with Gasteiger partial charge in [0.15, 0.2) is 0 Å². The molecular weight excluding hydrogens is 362 g/mol. The Morgan fingerprint density at radius 3 is 1.64 bits per heavy atom. The van der Waals surface area contributed by atoms with Crippen molar-refractivity contribution in [2.75, 3.05) is 46.2 Å². The number of hydrogen-bond donors (Lipinski definition) is 0. The minimum Gasteiger partial charge on any atom is -0.462 e. The summed E-state index contributed by atoms with van der Waals surface area (Å²) in [7, 11) is 0. The van der Waals surface area contributed by atoms with Crippen LogP contribution in [0.5, 0.6) is 0 Å². The van der Waals surface area contributed by atoms with E-state index >= 15 is 0 Å². The van der Waals surface area contributed by atoms with Crippen LogP contribution in [0, 0.1) is 5.41 Å². The lowest BCUT2D eigenvalue weighted by Crippen LogP contribution is -2.43. The van der Waals surface area contributed by atoms with Gasteiger partial charge in [-0.15, -0.1) is 0 Å². The molecule has 0 radical (unpaired) electrons. The molecule has 0 atom stereocenters. The van der Waals surface area contributed by atoms with Gasteiger partial charge in [-0.2, -0.15) is 26.3 Å². The molecule has 11 heteroatoms. The standard InChI is InChI=1S/C14H20F6O5/c1-3-11(21)25-8-12(5-22-4-2,6-23-9-13(15,16)17)7-24-10-14(18,19)20/h3H,1,4-10H2,2H3. The second-order valence-electron chi connectivity index (χ2n) is 5.16. The van der Waals surface area contributed by atoms with Gasteiger partial charge in [0.1, 0.15) is 19.8 Å². The smallest absolute Gasteiger partial charge is 0.411 e. The normalized spacial score (nSPS) is 12.9. The SMILES string of the molecule is C=CC(=O)OCC(COCC)(COCC(F)(F)F)COCC(F)(F)F. The van der Waals surface area contributed by atoms with Crippen LogP contribution in [-0.2, 0) is 23.7 Å². The molecule has 0 bridgehead atoms. The summed E-state index contributed by atoms with van der Waals surface area (Å²) in [5.74, 6) is -0.896. The van der Waals surface area contributed by atoms with E-state index in [1.807, 2.05) is 0 Å². The maximum Gasteiger partial charge on any atom is 0.411 e. The molecule has 0 fully saturated rings. The lowest BCUT2D eigenvalue weighted by molar-refractivity contribution is -0.206. The zero-order valence-electron chi connectivity index (χ0n) is 13.5. The van der Waals surface area contributed by atoms with Crippen molar-refractivity contribution in [1.29, 1.82) is 0 Å². The summed E-state index contributed by atoms with van der Waals surface area (Å²) in [5.41, 5.74) is -1.54. The second kappa shape index (κ2) is 10.6. The first-order valence-electron chi connectivity index (χ1n) is 7.09. The Kier molecular flexibility index (Phi) is 10.0. The molecular formula is C14H20F6O5. The maximum atomic E-state index is 12.2. The highest BCUT2D eigenvalue weighted by Gasteiger charge is 2.38. The van der Waals surface area contributed by atoms with Gasteiger partial charge in [-0.25, -0.2) is 4.79 Å². The molecule has 148 valence electrons. The summed E-state index contributed by atoms with van der Waals surface area (Å²) < 4.78 is 92.3. The van der Waals surface area contributed by atoms with Gasteiger partial charge in [-0.1, -0.05) is 6.58 Å². The van der Waals surface area contributed by atoms with Crippen molar-refractivity contribution in [2.24, 2.45) is 5.41 Å². The minimum absolute atomic E-state index is 0.135. The first-order chi connectivity index (χ1) is 11.4. The number of rotatable bonds is 12. The van der Waals surface area contributed by atoms with Crippen molar-refractivity contribution < 1.29 is 50.1 Å². The van der Waals surface area contributed by atoms with Gasteiger partial charge in [0.2, 0.25) is 0 Å². The molecule has 0 aromatic rings. The molecule has 0 N–H and O–H groups in total. The van der Waals surface area contributed by atoms with Gasteiger partial charge in [0.05, 0.1) is 25.2 Å². The van der Waals surface area contributed by atoms with Crippen molar-refractivity contribution in [3.63, 3.8) is 0 Å². The monoisotopic (exact) mass is 382 g/mol. The van der Waals surface area contributed by atoms with Gasteiger partial charge in [0, 0.05) is 12.7 Å². The molecule has 0 spiro atoms. The molecule has 0 aliphatic rings. The molecule has 0 saturated carbocycles. The molecule has 0 aromatic heterocycles. The van der Waals surface area contributed by atoms with E-state index in [4.69, 9.17) is 9.47 Å². The fourth-order valence-corrected chi connectivity index (χ4v) is 1.62. The number of esters is 1. The summed E-state index contributed by atoms with van der Waals surface area (Å²) in [6.07, 6.45) is -8.44. The number of carbonyl (C=O) groups is 1. The maximum absolute atomic E-state index is 12.2. The summed E-state index contributed by atoms with van der Waals surface area (Å²) in [5, 5.41) is 0. The van der Waals surface area contributed by atoms with Crippen LogP contribution in [0.2, 0.25) is 0 Å². The van der Waals surface area contributed by atoms with Gasteiger partial charge >= 0.3 is 18.3 Å². The van der Waals surface area contributed by atoms with Crippen molar-refractivity contribution >= 4 is 5.97 Å². The van der Waals surface area contributed by atoms with Crippen molar-refractivity contribution in [3.8, 4) is 0 Å². The summed E-state index contributed by atoms with van der Waals surface area (Å²) in [6.45, 7) is -0.636. The van der Waals surface area contributed by atoms with Crippen molar-refractivity contribution in [1.82, 2.24) is 0 Å². The van der Waals surface area contributed by atoms with E-state index in [0.29, 0.717) is 0 Å². The Labute approximate surface area is 140 Å².